The number of hydrogen-bond acceptors (Lipinski definition) is 7. The van der Waals surface area contributed by atoms with Gasteiger partial charge in [-0.2, -0.15) is 11.8 Å². The van der Waals surface area contributed by atoms with Crippen LogP contribution in [0.15, 0.2) is 4.99 Å². The van der Waals surface area contributed by atoms with E-state index in [0.29, 0.717) is 25.0 Å². The second-order valence-electron chi connectivity index (χ2n) is 9.29. The number of aliphatic carboxylic acids is 1. The van der Waals surface area contributed by atoms with Crippen molar-refractivity contribution in [1.82, 2.24) is 16.0 Å². The van der Waals surface area contributed by atoms with Gasteiger partial charge >= 0.3 is 5.97 Å². The summed E-state index contributed by atoms with van der Waals surface area (Å²) >= 11 is 1.46. The highest BCUT2D eigenvalue weighted by Crippen LogP contribution is 2.10. The highest BCUT2D eigenvalue weighted by molar-refractivity contribution is 7.98. The van der Waals surface area contributed by atoms with E-state index in [0.717, 1.165) is 0 Å². The molecule has 0 saturated carbocycles. The molecule has 3 amide bonds. The van der Waals surface area contributed by atoms with Crippen LogP contribution in [0.25, 0.3) is 0 Å². The van der Waals surface area contributed by atoms with Crippen molar-refractivity contribution in [2.24, 2.45) is 34.0 Å². The monoisotopic (exact) mass is 531 g/mol. The minimum Gasteiger partial charge on any atom is -0.480 e. The first kappa shape index (κ1) is 33.5. The van der Waals surface area contributed by atoms with Gasteiger partial charge in [0.1, 0.15) is 18.1 Å². The van der Waals surface area contributed by atoms with Crippen molar-refractivity contribution in [2.75, 3.05) is 18.6 Å². The summed E-state index contributed by atoms with van der Waals surface area (Å²) in [7, 11) is 0. The lowest BCUT2D eigenvalue weighted by atomic mass is 9.97. The third-order valence-corrected chi connectivity index (χ3v) is 6.35. The highest BCUT2D eigenvalue weighted by atomic mass is 32.2. The average molecular weight is 532 g/mol. The van der Waals surface area contributed by atoms with Gasteiger partial charge in [0.2, 0.25) is 17.7 Å². The molecule has 0 saturated heterocycles. The van der Waals surface area contributed by atoms with Crippen LogP contribution < -0.4 is 33.2 Å². The Kier molecular flexibility index (Phi) is 16.6. The lowest BCUT2D eigenvalue weighted by Crippen LogP contribution is -2.57. The van der Waals surface area contributed by atoms with Gasteiger partial charge in [-0.05, 0) is 49.5 Å². The first-order chi connectivity index (χ1) is 16.8. The van der Waals surface area contributed by atoms with Crippen LogP contribution >= 0.6 is 11.8 Å². The summed E-state index contributed by atoms with van der Waals surface area (Å²) in [5.74, 6) is -2.35. The molecule has 0 aliphatic carbocycles. The van der Waals surface area contributed by atoms with E-state index in [9.17, 15) is 24.3 Å². The zero-order valence-electron chi connectivity index (χ0n) is 22.1. The summed E-state index contributed by atoms with van der Waals surface area (Å²) in [4.78, 5) is 54.3. The van der Waals surface area contributed by atoms with Crippen molar-refractivity contribution in [1.29, 1.82) is 0 Å². The topological polar surface area (TPSA) is 215 Å². The molecule has 12 nitrogen and oxygen atoms in total. The Balaban J connectivity index is 5.64. The number of guanidine groups is 1. The number of carbonyl (C=O) groups excluding carboxylic acids is 3. The van der Waals surface area contributed by atoms with Gasteiger partial charge in [0, 0.05) is 6.54 Å². The second-order valence-corrected chi connectivity index (χ2v) is 10.3. The number of rotatable bonds is 18. The minimum atomic E-state index is -1.16. The van der Waals surface area contributed by atoms with Crippen LogP contribution in [0.3, 0.4) is 0 Å². The van der Waals surface area contributed by atoms with E-state index < -0.39 is 47.9 Å². The molecule has 0 spiro atoms. The summed E-state index contributed by atoms with van der Waals surface area (Å²) < 4.78 is 0. The summed E-state index contributed by atoms with van der Waals surface area (Å²) in [5.41, 5.74) is 16.7. The minimum absolute atomic E-state index is 0.0675. The molecule has 0 aliphatic rings. The van der Waals surface area contributed by atoms with Gasteiger partial charge in [0.05, 0.1) is 6.04 Å². The molecule has 0 aromatic carbocycles. The van der Waals surface area contributed by atoms with Crippen molar-refractivity contribution >= 4 is 41.4 Å². The number of carboxylic acid groups (broad SMARTS) is 1. The van der Waals surface area contributed by atoms with Crippen molar-refractivity contribution in [3.8, 4) is 0 Å². The Morgan fingerprint density at radius 2 is 1.47 bits per heavy atom. The van der Waals surface area contributed by atoms with Gasteiger partial charge in [0.15, 0.2) is 5.96 Å². The van der Waals surface area contributed by atoms with Gasteiger partial charge < -0.3 is 38.3 Å². The number of thioether (sulfide) groups is 1. The predicted molar refractivity (Wildman–Crippen MR) is 143 cm³/mol. The normalized spacial score (nSPS) is 15.2. The van der Waals surface area contributed by atoms with E-state index in [1.807, 2.05) is 34.0 Å². The maximum atomic E-state index is 13.2. The first-order valence-electron chi connectivity index (χ1n) is 12.3. The third kappa shape index (κ3) is 13.5. The van der Waals surface area contributed by atoms with E-state index in [4.69, 9.17) is 17.2 Å². The fraction of sp³-hybridized carbons (Fsp3) is 0.783. The SMILES string of the molecule is CCC(C)C(N)C(=O)NC(CC(C)C)C(=O)NC(CCCN=C(N)N)C(=O)NC(CCSC)C(=O)O. The standard InChI is InChI=1S/C23H45N7O5S/c1-6-14(4)18(24)21(33)30-17(12-13(2)3)20(32)28-15(8-7-10-27-23(25)26)19(31)29-16(22(34)35)9-11-36-5/h13-18H,6-12,24H2,1-5H3,(H,28,32)(H,29,31)(H,30,33)(H,34,35)(H4,25,26,27). The van der Waals surface area contributed by atoms with E-state index >= 15 is 0 Å². The second kappa shape index (κ2) is 17.8. The Morgan fingerprint density at radius 3 is 1.97 bits per heavy atom. The van der Waals surface area contributed by atoms with Crippen molar-refractivity contribution in [2.45, 2.75) is 84.0 Å². The number of carboxylic acids is 1. The number of aliphatic imine (C=N–C) groups is 1. The molecule has 36 heavy (non-hydrogen) atoms. The first-order valence-corrected chi connectivity index (χ1v) is 13.7. The summed E-state index contributed by atoms with van der Waals surface area (Å²) in [5, 5.41) is 17.4. The Labute approximate surface area is 218 Å². The van der Waals surface area contributed by atoms with Crippen LogP contribution in [0, 0.1) is 11.8 Å². The van der Waals surface area contributed by atoms with Gasteiger partial charge in [0.25, 0.3) is 0 Å². The van der Waals surface area contributed by atoms with E-state index in [1.54, 1.807) is 0 Å². The van der Waals surface area contributed by atoms with Gasteiger partial charge in [-0.3, -0.25) is 19.4 Å². The molecule has 13 heteroatoms. The number of nitrogens with one attached hydrogen (secondary N) is 3. The number of hydrogen-bond donors (Lipinski definition) is 7. The molecular weight excluding hydrogens is 486 g/mol. The number of amides is 3. The van der Waals surface area contributed by atoms with Crippen LogP contribution in [0.2, 0.25) is 0 Å². The summed E-state index contributed by atoms with van der Waals surface area (Å²) in [6.07, 6.45) is 3.63. The van der Waals surface area contributed by atoms with Crippen LogP contribution in [0.4, 0.5) is 0 Å². The van der Waals surface area contributed by atoms with Crippen LogP contribution in [0.5, 0.6) is 0 Å². The van der Waals surface area contributed by atoms with Crippen molar-refractivity contribution in [3.63, 3.8) is 0 Å². The number of nitrogens with two attached hydrogens (primary N) is 3. The third-order valence-electron chi connectivity index (χ3n) is 5.70. The molecule has 0 aliphatic heterocycles. The van der Waals surface area contributed by atoms with Crippen LogP contribution in [-0.2, 0) is 19.2 Å². The lowest BCUT2D eigenvalue weighted by molar-refractivity contribution is -0.142. The molecule has 208 valence electrons. The van der Waals surface area contributed by atoms with E-state index in [1.165, 1.54) is 11.8 Å². The Bertz CT molecular complexity index is 746. The maximum absolute atomic E-state index is 13.2. The van der Waals surface area contributed by atoms with Gasteiger partial charge in [-0.25, -0.2) is 4.79 Å². The molecule has 5 atom stereocenters. The number of nitrogens with zero attached hydrogens (tertiary/aromatic N) is 1. The molecule has 0 aromatic heterocycles. The molecule has 5 unspecified atom stereocenters. The van der Waals surface area contributed by atoms with Crippen LogP contribution in [0.1, 0.15) is 59.8 Å². The van der Waals surface area contributed by atoms with Gasteiger partial charge in [-0.15, -0.1) is 0 Å². The van der Waals surface area contributed by atoms with Gasteiger partial charge in [-0.1, -0.05) is 34.1 Å². The fourth-order valence-corrected chi connectivity index (χ4v) is 3.76. The van der Waals surface area contributed by atoms with E-state index in [2.05, 4.69) is 20.9 Å². The van der Waals surface area contributed by atoms with E-state index in [-0.39, 0.29) is 37.2 Å². The molecule has 0 bridgehead atoms. The molecule has 10 N–H and O–H groups in total. The Morgan fingerprint density at radius 1 is 0.917 bits per heavy atom. The summed E-state index contributed by atoms with van der Waals surface area (Å²) in [6.45, 7) is 7.82. The predicted octanol–water partition coefficient (Wildman–Crippen LogP) is -0.248. The fourth-order valence-electron chi connectivity index (χ4n) is 3.29. The molecule has 0 fully saturated rings. The van der Waals surface area contributed by atoms with Crippen LogP contribution in [-0.4, -0.2) is 77.5 Å². The number of carbonyl (C=O) groups is 4. The quantitative estimate of drug-likeness (QED) is 0.0704. The molecule has 0 radical (unpaired) electrons. The van der Waals surface area contributed by atoms with Crippen molar-refractivity contribution < 1.29 is 24.3 Å². The molecular formula is C23H45N7O5S. The average Bonchev–Trinajstić information content (AvgIpc) is 2.80. The zero-order valence-corrected chi connectivity index (χ0v) is 22.9. The Hall–Kier alpha value is -2.54. The smallest absolute Gasteiger partial charge is 0.326 e. The largest absolute Gasteiger partial charge is 0.480 e. The maximum Gasteiger partial charge on any atom is 0.326 e. The zero-order chi connectivity index (χ0) is 27.8. The molecule has 0 heterocycles. The molecule has 0 rings (SSSR count). The summed E-state index contributed by atoms with van der Waals surface area (Å²) in [6, 6.07) is -3.82. The highest BCUT2D eigenvalue weighted by Gasteiger charge is 2.31. The lowest BCUT2D eigenvalue weighted by Gasteiger charge is -2.27. The van der Waals surface area contributed by atoms with Crippen molar-refractivity contribution in [3.05, 3.63) is 0 Å². The molecule has 0 aromatic rings.